The molecule has 20 heavy (non-hydrogen) atoms. The Hall–Kier alpha value is -2.41. The van der Waals surface area contributed by atoms with Crippen LogP contribution in [0.25, 0.3) is 0 Å². The molecule has 7 heteroatoms. The monoisotopic (exact) mass is 281 g/mol. The topological polar surface area (TPSA) is 116 Å². The minimum absolute atomic E-state index is 0.00741. The molecule has 0 saturated carbocycles. The van der Waals surface area contributed by atoms with Crippen LogP contribution in [-0.2, 0) is 30.6 Å². The van der Waals surface area contributed by atoms with Crippen LogP contribution in [0.4, 0.5) is 0 Å². The van der Waals surface area contributed by atoms with Crippen molar-refractivity contribution in [3.63, 3.8) is 0 Å². The van der Waals surface area contributed by atoms with Crippen LogP contribution in [0.5, 0.6) is 0 Å². The molecular formula is C13H15NO6. The minimum atomic E-state index is -1.21. The zero-order valence-electron chi connectivity index (χ0n) is 10.7. The average molecular weight is 281 g/mol. The van der Waals surface area contributed by atoms with E-state index in [1.54, 1.807) is 24.3 Å². The fourth-order valence-electron chi connectivity index (χ4n) is 1.55. The molecule has 0 aromatic heterocycles. The number of rotatable bonds is 7. The molecule has 0 bridgehead atoms. The number of benzene rings is 1. The van der Waals surface area contributed by atoms with Crippen LogP contribution in [0.1, 0.15) is 18.4 Å². The molecule has 0 saturated heterocycles. The highest BCUT2D eigenvalue weighted by Crippen LogP contribution is 2.13. The first kappa shape index (κ1) is 15.6. The van der Waals surface area contributed by atoms with Gasteiger partial charge in [0.15, 0.2) is 0 Å². The lowest BCUT2D eigenvalue weighted by atomic mass is 10.0. The molecule has 0 aliphatic carbocycles. The van der Waals surface area contributed by atoms with Crippen molar-refractivity contribution < 1.29 is 29.1 Å². The summed E-state index contributed by atoms with van der Waals surface area (Å²) in [6.07, 6.45) is -0.959. The molecule has 1 rings (SSSR count). The molecule has 0 fully saturated rings. The van der Waals surface area contributed by atoms with Gasteiger partial charge in [0.1, 0.15) is 6.61 Å². The van der Waals surface area contributed by atoms with E-state index in [0.29, 0.717) is 0 Å². The zero-order chi connectivity index (χ0) is 15.0. The van der Waals surface area contributed by atoms with Crippen molar-refractivity contribution >= 4 is 17.9 Å². The van der Waals surface area contributed by atoms with Crippen LogP contribution < -0.4 is 5.90 Å². The van der Waals surface area contributed by atoms with Gasteiger partial charge in [-0.15, -0.1) is 0 Å². The van der Waals surface area contributed by atoms with E-state index in [-0.39, 0.29) is 6.61 Å². The number of carbonyl (C=O) groups excluding carboxylic acids is 2. The molecule has 1 aromatic carbocycles. The number of aliphatic carboxylic acids is 1. The van der Waals surface area contributed by atoms with Gasteiger partial charge < -0.3 is 14.7 Å². The molecule has 7 nitrogen and oxygen atoms in total. The van der Waals surface area contributed by atoms with Crippen LogP contribution in [-0.4, -0.2) is 23.0 Å². The summed E-state index contributed by atoms with van der Waals surface area (Å²) in [6.45, 7) is 0.00741. The van der Waals surface area contributed by atoms with Gasteiger partial charge in [0.2, 0.25) is 0 Å². The Kier molecular flexibility index (Phi) is 6.18. The molecule has 0 aliphatic heterocycles. The number of carboxylic acid groups (broad SMARTS) is 1. The van der Waals surface area contributed by atoms with E-state index in [0.717, 1.165) is 5.56 Å². The lowest BCUT2D eigenvalue weighted by molar-refractivity contribution is -0.159. The van der Waals surface area contributed by atoms with Crippen LogP contribution in [0.2, 0.25) is 0 Å². The normalized spacial score (nSPS) is 11.4. The highest BCUT2D eigenvalue weighted by molar-refractivity contribution is 5.83. The molecule has 108 valence electrons. The maximum absolute atomic E-state index is 11.8. The SMILES string of the molecule is NOC(=O)CC(CC(=O)O)C(=O)OCc1ccccc1. The number of hydrogen-bond acceptors (Lipinski definition) is 6. The van der Waals surface area contributed by atoms with Gasteiger partial charge in [-0.05, 0) is 5.56 Å². The minimum Gasteiger partial charge on any atom is -0.481 e. The summed E-state index contributed by atoms with van der Waals surface area (Å²) in [6, 6.07) is 8.89. The fraction of sp³-hybridized carbons (Fsp3) is 0.308. The maximum Gasteiger partial charge on any atom is 0.325 e. The third kappa shape index (κ3) is 5.49. The van der Waals surface area contributed by atoms with E-state index >= 15 is 0 Å². The van der Waals surface area contributed by atoms with Crippen molar-refractivity contribution in [2.75, 3.05) is 0 Å². The van der Waals surface area contributed by atoms with Crippen molar-refractivity contribution in [3.05, 3.63) is 35.9 Å². The summed E-state index contributed by atoms with van der Waals surface area (Å²) in [5, 5.41) is 8.71. The van der Waals surface area contributed by atoms with Crippen LogP contribution in [0, 0.1) is 5.92 Å². The molecule has 1 atom stereocenters. The molecule has 0 amide bonds. The predicted octanol–water partition coefficient (Wildman–Crippen LogP) is 0.628. The average Bonchev–Trinajstić information content (AvgIpc) is 2.44. The quantitative estimate of drug-likeness (QED) is 0.556. The van der Waals surface area contributed by atoms with Crippen LogP contribution in [0.3, 0.4) is 0 Å². The number of carboxylic acids is 1. The number of ether oxygens (including phenoxy) is 1. The maximum atomic E-state index is 11.8. The van der Waals surface area contributed by atoms with Crippen molar-refractivity contribution in [1.82, 2.24) is 0 Å². The van der Waals surface area contributed by atoms with E-state index in [4.69, 9.17) is 9.84 Å². The first-order valence-corrected chi connectivity index (χ1v) is 5.85. The smallest absolute Gasteiger partial charge is 0.325 e. The molecule has 0 heterocycles. The zero-order valence-corrected chi connectivity index (χ0v) is 10.7. The summed E-state index contributed by atoms with van der Waals surface area (Å²) in [7, 11) is 0. The molecule has 0 spiro atoms. The molecule has 0 radical (unpaired) electrons. The standard InChI is InChI=1S/C13H15NO6/c14-20-12(17)7-10(6-11(15)16)13(18)19-8-9-4-2-1-3-5-9/h1-5,10H,6-8,14H2,(H,15,16). The summed E-state index contributed by atoms with van der Waals surface area (Å²) in [5.41, 5.74) is 0.760. The van der Waals surface area contributed by atoms with Gasteiger partial charge in [-0.3, -0.25) is 14.4 Å². The summed E-state index contributed by atoms with van der Waals surface area (Å²) in [5.74, 6) is 0.693. The van der Waals surface area contributed by atoms with Gasteiger partial charge in [-0.25, -0.2) is 0 Å². The molecule has 1 aromatic rings. The Morgan fingerprint density at radius 3 is 2.35 bits per heavy atom. The predicted molar refractivity (Wildman–Crippen MR) is 66.9 cm³/mol. The first-order valence-electron chi connectivity index (χ1n) is 5.85. The Labute approximate surface area is 115 Å². The Balaban J connectivity index is 2.58. The van der Waals surface area contributed by atoms with E-state index < -0.39 is 36.7 Å². The van der Waals surface area contributed by atoms with Crippen LogP contribution in [0.15, 0.2) is 30.3 Å². The number of hydrogen-bond donors (Lipinski definition) is 2. The van der Waals surface area contributed by atoms with E-state index in [9.17, 15) is 14.4 Å². The summed E-state index contributed by atoms with van der Waals surface area (Å²) >= 11 is 0. The molecule has 1 unspecified atom stereocenters. The van der Waals surface area contributed by atoms with E-state index in [1.165, 1.54) is 0 Å². The molecule has 3 N–H and O–H groups in total. The second kappa shape index (κ2) is 7.90. The third-order valence-electron chi connectivity index (χ3n) is 2.52. The number of nitrogens with two attached hydrogens (primary N) is 1. The Morgan fingerprint density at radius 1 is 1.15 bits per heavy atom. The van der Waals surface area contributed by atoms with E-state index in [2.05, 4.69) is 10.7 Å². The van der Waals surface area contributed by atoms with Crippen molar-refractivity contribution in [2.24, 2.45) is 11.8 Å². The van der Waals surface area contributed by atoms with Crippen molar-refractivity contribution in [2.45, 2.75) is 19.4 Å². The second-order valence-corrected chi connectivity index (χ2v) is 4.08. The number of carbonyl (C=O) groups is 3. The largest absolute Gasteiger partial charge is 0.481 e. The van der Waals surface area contributed by atoms with Gasteiger partial charge in [0.05, 0.1) is 18.8 Å². The highest BCUT2D eigenvalue weighted by atomic mass is 16.7. The molecular weight excluding hydrogens is 266 g/mol. The van der Waals surface area contributed by atoms with Crippen LogP contribution >= 0.6 is 0 Å². The third-order valence-corrected chi connectivity index (χ3v) is 2.52. The van der Waals surface area contributed by atoms with Crippen molar-refractivity contribution in [3.8, 4) is 0 Å². The lowest BCUT2D eigenvalue weighted by Crippen LogP contribution is -2.25. The fourth-order valence-corrected chi connectivity index (χ4v) is 1.55. The molecule has 0 aliphatic rings. The highest BCUT2D eigenvalue weighted by Gasteiger charge is 2.26. The van der Waals surface area contributed by atoms with Gasteiger partial charge >= 0.3 is 17.9 Å². The van der Waals surface area contributed by atoms with Gasteiger partial charge in [-0.1, -0.05) is 30.3 Å². The van der Waals surface area contributed by atoms with Crippen molar-refractivity contribution in [1.29, 1.82) is 0 Å². The first-order chi connectivity index (χ1) is 9.52. The van der Waals surface area contributed by atoms with Gasteiger partial charge in [-0.2, -0.15) is 5.90 Å². The van der Waals surface area contributed by atoms with Gasteiger partial charge in [0, 0.05) is 0 Å². The summed E-state index contributed by atoms with van der Waals surface area (Å²) < 4.78 is 4.99. The van der Waals surface area contributed by atoms with Gasteiger partial charge in [0.25, 0.3) is 0 Å². The van der Waals surface area contributed by atoms with E-state index in [1.807, 2.05) is 6.07 Å². The second-order valence-electron chi connectivity index (χ2n) is 4.08. The Morgan fingerprint density at radius 2 is 1.80 bits per heavy atom. The lowest BCUT2D eigenvalue weighted by Gasteiger charge is -2.12. The number of esters is 1. The summed E-state index contributed by atoms with van der Waals surface area (Å²) in [4.78, 5) is 37.4. The Bertz CT molecular complexity index is 473.